The first kappa shape index (κ1) is 16.7. The van der Waals surface area contributed by atoms with Gasteiger partial charge in [0.25, 0.3) is 0 Å². The van der Waals surface area contributed by atoms with Gasteiger partial charge >= 0.3 is 0 Å². The topological polar surface area (TPSA) is 23.5 Å². The maximum Gasteiger partial charge on any atom is 0.124 e. The highest BCUT2D eigenvalue weighted by atomic mass is 127. The predicted octanol–water partition coefficient (Wildman–Crippen LogP) is 4.51. The average molecular weight is 417 g/mol. The summed E-state index contributed by atoms with van der Waals surface area (Å²) in [6.07, 6.45) is 8.59. The number of halogens is 2. The molecule has 0 bridgehead atoms. The Bertz CT molecular complexity index is 506. The molecule has 0 amide bonds. The van der Waals surface area contributed by atoms with E-state index in [9.17, 15) is 9.50 Å². The van der Waals surface area contributed by atoms with E-state index < -0.39 is 6.10 Å². The zero-order chi connectivity index (χ0) is 15.6. The minimum Gasteiger partial charge on any atom is -0.388 e. The Kier molecular flexibility index (Phi) is 5.40. The molecular formula is C18H25FINO. The van der Waals surface area contributed by atoms with Crippen molar-refractivity contribution in [3.05, 3.63) is 33.1 Å². The van der Waals surface area contributed by atoms with Gasteiger partial charge in [0.1, 0.15) is 5.82 Å². The Balaban J connectivity index is 1.48. The van der Waals surface area contributed by atoms with Gasteiger partial charge in [-0.25, -0.2) is 4.39 Å². The predicted molar refractivity (Wildman–Crippen MR) is 95.3 cm³/mol. The van der Waals surface area contributed by atoms with Gasteiger partial charge < -0.3 is 10.0 Å². The third kappa shape index (κ3) is 3.82. The molecule has 1 spiro atoms. The highest BCUT2D eigenvalue weighted by Crippen LogP contribution is 2.46. The quantitative estimate of drug-likeness (QED) is 0.729. The van der Waals surface area contributed by atoms with Crippen LogP contribution in [0.4, 0.5) is 4.39 Å². The van der Waals surface area contributed by atoms with Gasteiger partial charge in [0.15, 0.2) is 0 Å². The fourth-order valence-corrected chi connectivity index (χ4v) is 4.94. The molecule has 22 heavy (non-hydrogen) atoms. The molecule has 1 unspecified atom stereocenters. The maximum absolute atomic E-state index is 13.1. The van der Waals surface area contributed by atoms with E-state index in [4.69, 9.17) is 0 Å². The molecule has 4 heteroatoms. The highest BCUT2D eigenvalue weighted by Gasteiger charge is 2.36. The number of hydrogen-bond donors (Lipinski definition) is 1. The summed E-state index contributed by atoms with van der Waals surface area (Å²) >= 11 is 2.10. The Hall–Kier alpha value is -0.200. The first-order valence-electron chi connectivity index (χ1n) is 8.43. The molecule has 0 aromatic heterocycles. The van der Waals surface area contributed by atoms with Crippen LogP contribution in [0.15, 0.2) is 18.2 Å². The molecule has 2 nitrogen and oxygen atoms in total. The number of hydrogen-bond acceptors (Lipinski definition) is 2. The Morgan fingerprint density at radius 2 is 1.86 bits per heavy atom. The van der Waals surface area contributed by atoms with Gasteiger partial charge in [0, 0.05) is 10.1 Å². The summed E-state index contributed by atoms with van der Waals surface area (Å²) < 4.78 is 14.0. The van der Waals surface area contributed by atoms with Crippen molar-refractivity contribution in [3.63, 3.8) is 0 Å². The van der Waals surface area contributed by atoms with Gasteiger partial charge in [-0.05, 0) is 90.9 Å². The summed E-state index contributed by atoms with van der Waals surface area (Å²) in [5.41, 5.74) is 1.51. The van der Waals surface area contributed by atoms with Crippen LogP contribution in [0.2, 0.25) is 0 Å². The summed E-state index contributed by atoms with van der Waals surface area (Å²) in [5.74, 6) is -0.238. The van der Waals surface area contributed by atoms with Crippen LogP contribution < -0.4 is 0 Å². The minimum atomic E-state index is -0.491. The molecule has 1 aliphatic heterocycles. The molecule has 1 heterocycles. The lowest BCUT2D eigenvalue weighted by Crippen LogP contribution is -2.39. The summed E-state index contributed by atoms with van der Waals surface area (Å²) in [5, 5.41) is 10.4. The standard InChI is InChI=1S/C18H25FINO/c19-14-3-4-15(16(20)13-14)17(22)5-10-21-11-8-18(9-12-21)6-1-2-7-18/h3-4,13,17,22H,1-2,5-12H2. The normalized spacial score (nSPS) is 23.0. The Morgan fingerprint density at radius 3 is 2.50 bits per heavy atom. The number of aliphatic hydroxyl groups excluding tert-OH is 1. The van der Waals surface area contributed by atoms with Crippen LogP contribution in [0, 0.1) is 14.8 Å². The summed E-state index contributed by atoms with van der Waals surface area (Å²) in [4.78, 5) is 2.49. The fourth-order valence-electron chi connectivity index (χ4n) is 4.11. The van der Waals surface area contributed by atoms with Crippen LogP contribution in [-0.2, 0) is 0 Å². The smallest absolute Gasteiger partial charge is 0.124 e. The second-order valence-electron chi connectivity index (χ2n) is 7.02. The molecule has 1 atom stereocenters. The van der Waals surface area contributed by atoms with Crippen LogP contribution in [-0.4, -0.2) is 29.6 Å². The van der Waals surface area contributed by atoms with Crippen molar-refractivity contribution < 1.29 is 9.50 Å². The van der Waals surface area contributed by atoms with E-state index in [2.05, 4.69) is 27.5 Å². The van der Waals surface area contributed by atoms with Gasteiger partial charge in [-0.3, -0.25) is 0 Å². The third-order valence-electron chi connectivity index (χ3n) is 5.62. The molecule has 2 fully saturated rings. The number of nitrogens with zero attached hydrogens (tertiary/aromatic N) is 1. The van der Waals surface area contributed by atoms with Crippen molar-refractivity contribution in [3.8, 4) is 0 Å². The molecular weight excluding hydrogens is 392 g/mol. The van der Waals surface area contributed by atoms with Gasteiger partial charge in [0.05, 0.1) is 6.10 Å². The van der Waals surface area contributed by atoms with E-state index in [0.717, 1.165) is 22.1 Å². The molecule has 2 aliphatic rings. The van der Waals surface area contributed by atoms with Crippen molar-refractivity contribution >= 4 is 22.6 Å². The lowest BCUT2D eigenvalue weighted by Gasteiger charge is -2.39. The second kappa shape index (κ2) is 7.14. The zero-order valence-corrected chi connectivity index (χ0v) is 15.2. The van der Waals surface area contributed by atoms with Crippen LogP contribution in [0.25, 0.3) is 0 Å². The lowest BCUT2D eigenvalue weighted by atomic mass is 9.77. The van der Waals surface area contributed by atoms with Gasteiger partial charge in [-0.2, -0.15) is 0 Å². The van der Waals surface area contributed by atoms with E-state index >= 15 is 0 Å². The number of aliphatic hydroxyl groups is 1. The van der Waals surface area contributed by atoms with E-state index in [-0.39, 0.29) is 5.82 Å². The molecule has 1 saturated carbocycles. The van der Waals surface area contributed by atoms with Crippen LogP contribution >= 0.6 is 22.6 Å². The monoisotopic (exact) mass is 417 g/mol. The molecule has 122 valence electrons. The largest absolute Gasteiger partial charge is 0.388 e. The molecule has 1 N–H and O–H groups in total. The van der Waals surface area contributed by atoms with Crippen molar-refractivity contribution in [2.45, 2.75) is 51.0 Å². The molecule has 0 radical (unpaired) electrons. The molecule has 1 saturated heterocycles. The maximum atomic E-state index is 13.1. The second-order valence-corrected chi connectivity index (χ2v) is 8.18. The average Bonchev–Trinajstić information content (AvgIpc) is 2.95. The number of piperidine rings is 1. The van der Waals surface area contributed by atoms with Gasteiger partial charge in [0.2, 0.25) is 0 Å². The van der Waals surface area contributed by atoms with E-state index in [1.165, 1.54) is 63.7 Å². The van der Waals surface area contributed by atoms with Crippen molar-refractivity contribution in [1.29, 1.82) is 0 Å². The zero-order valence-electron chi connectivity index (χ0n) is 13.0. The first-order valence-corrected chi connectivity index (χ1v) is 9.51. The Morgan fingerprint density at radius 1 is 1.18 bits per heavy atom. The number of benzene rings is 1. The summed E-state index contributed by atoms with van der Waals surface area (Å²) in [6, 6.07) is 4.64. The lowest BCUT2D eigenvalue weighted by molar-refractivity contribution is 0.0868. The van der Waals surface area contributed by atoms with Crippen LogP contribution in [0.3, 0.4) is 0 Å². The van der Waals surface area contributed by atoms with E-state index in [1.54, 1.807) is 6.07 Å². The van der Waals surface area contributed by atoms with Crippen LogP contribution in [0.1, 0.15) is 56.6 Å². The number of rotatable bonds is 4. The molecule has 1 aromatic carbocycles. The fraction of sp³-hybridized carbons (Fsp3) is 0.667. The first-order chi connectivity index (χ1) is 10.6. The van der Waals surface area contributed by atoms with Gasteiger partial charge in [-0.15, -0.1) is 0 Å². The highest BCUT2D eigenvalue weighted by molar-refractivity contribution is 14.1. The molecule has 3 rings (SSSR count). The summed E-state index contributed by atoms with van der Waals surface area (Å²) in [6.45, 7) is 3.28. The molecule has 1 aromatic rings. The Labute approximate surface area is 146 Å². The van der Waals surface area contributed by atoms with Crippen molar-refractivity contribution in [2.75, 3.05) is 19.6 Å². The van der Waals surface area contributed by atoms with Crippen molar-refractivity contribution in [2.24, 2.45) is 5.41 Å². The number of likely N-dealkylation sites (tertiary alicyclic amines) is 1. The van der Waals surface area contributed by atoms with E-state index in [0.29, 0.717) is 5.41 Å². The molecule has 1 aliphatic carbocycles. The summed E-state index contributed by atoms with van der Waals surface area (Å²) in [7, 11) is 0. The SMILES string of the molecule is OC(CCN1CCC2(CCCC2)CC1)c1ccc(F)cc1I. The van der Waals surface area contributed by atoms with Crippen LogP contribution in [0.5, 0.6) is 0 Å². The van der Waals surface area contributed by atoms with E-state index in [1.807, 2.05) is 0 Å². The minimum absolute atomic E-state index is 0.238. The third-order valence-corrected chi connectivity index (χ3v) is 6.56. The van der Waals surface area contributed by atoms with Crippen molar-refractivity contribution in [1.82, 2.24) is 4.90 Å². The van der Waals surface area contributed by atoms with Gasteiger partial charge in [-0.1, -0.05) is 18.9 Å².